The van der Waals surface area contributed by atoms with Crippen LogP contribution in [0.4, 0.5) is 0 Å². The van der Waals surface area contributed by atoms with E-state index in [1.807, 2.05) is 30.3 Å². The molecule has 0 aliphatic heterocycles. The van der Waals surface area contributed by atoms with Crippen molar-refractivity contribution in [3.05, 3.63) is 34.8 Å². The molecule has 1 fully saturated rings. The molecule has 0 atom stereocenters. The minimum Gasteiger partial charge on any atom is -0.471 e. The first-order chi connectivity index (χ1) is 10.2. The van der Waals surface area contributed by atoms with Crippen LogP contribution in [0.2, 0.25) is 0 Å². The fourth-order valence-electron chi connectivity index (χ4n) is 1.37. The molecule has 0 aromatic heterocycles. The average Bonchev–Trinajstić information content (AvgIpc) is 3.04. The van der Waals surface area contributed by atoms with E-state index in [-0.39, 0.29) is 0 Å². The number of nitrogens with two attached hydrogens (primary N) is 1. The summed E-state index contributed by atoms with van der Waals surface area (Å²) in [6.45, 7) is 0.375. The first kappa shape index (κ1) is 24.3. The predicted molar refractivity (Wildman–Crippen MR) is 93.4 cm³/mol. The van der Waals surface area contributed by atoms with E-state index >= 15 is 0 Å². The average molecular weight is 354 g/mol. The van der Waals surface area contributed by atoms with E-state index in [0.29, 0.717) is 12.5 Å². The van der Waals surface area contributed by atoms with E-state index < -0.39 is 0 Å². The number of terminal acetylenes is 2. The molecule has 21 heavy (non-hydrogen) atoms. The van der Waals surface area contributed by atoms with Gasteiger partial charge in [-0.25, -0.2) is 0 Å². The lowest BCUT2D eigenvalue weighted by Crippen LogP contribution is -2.13. The molecule has 0 radical (unpaired) electrons. The summed E-state index contributed by atoms with van der Waals surface area (Å²) in [7, 11) is 1.31. The van der Waals surface area contributed by atoms with Crippen molar-refractivity contribution in [2.45, 2.75) is 31.7 Å². The number of ether oxygens (including phenoxy) is 1. The zero-order valence-corrected chi connectivity index (χ0v) is 14.0. The molecule has 1 saturated carbocycles. The summed E-state index contributed by atoms with van der Waals surface area (Å²) >= 11 is 3.31. The highest BCUT2D eigenvalue weighted by Crippen LogP contribution is 2.14. The number of halogens is 1. The van der Waals surface area contributed by atoms with Gasteiger partial charge in [0.25, 0.3) is 6.47 Å². The molecule has 0 saturated heterocycles. The highest BCUT2D eigenvalue weighted by Gasteiger charge is 2.07. The summed E-state index contributed by atoms with van der Waals surface area (Å²) in [6.07, 6.45) is 21.3. The molecule has 3 nitrogen and oxygen atoms in total. The van der Waals surface area contributed by atoms with Gasteiger partial charge in [0.15, 0.2) is 0 Å². The number of hydrogen-bond acceptors (Lipinski definition) is 3. The molecule has 2 rings (SSSR count). The van der Waals surface area contributed by atoms with E-state index in [4.69, 9.17) is 10.5 Å². The highest BCUT2D eigenvalue weighted by atomic mass is 79.9. The van der Waals surface area contributed by atoms with Crippen molar-refractivity contribution in [2.75, 3.05) is 7.11 Å². The molecular formula is C17H24BrNO2. The largest absolute Gasteiger partial charge is 0.471 e. The van der Waals surface area contributed by atoms with Crippen molar-refractivity contribution < 1.29 is 9.53 Å². The lowest BCUT2D eigenvalue weighted by molar-refractivity contribution is -0.126. The molecule has 1 aliphatic rings. The van der Waals surface area contributed by atoms with E-state index in [0.717, 1.165) is 4.47 Å². The number of rotatable bonds is 1. The normalized spacial score (nSPS) is 11.4. The fourth-order valence-corrected chi connectivity index (χ4v) is 1.68. The summed E-state index contributed by atoms with van der Waals surface area (Å²) in [4.78, 5) is 8.95. The quantitative estimate of drug-likeness (QED) is 0.619. The molecular weight excluding hydrogens is 330 g/mol. The Hall–Kier alpha value is -1.75. The number of carbonyl (C=O) groups excluding carboxylic acids is 1. The van der Waals surface area contributed by atoms with Gasteiger partial charge >= 0.3 is 0 Å². The summed E-state index contributed by atoms with van der Waals surface area (Å²) in [5, 5.41) is 0. The molecule has 0 amide bonds. The monoisotopic (exact) mass is 353 g/mol. The summed E-state index contributed by atoms with van der Waals surface area (Å²) in [5.41, 5.74) is 5.53. The molecule has 0 heterocycles. The molecule has 1 aromatic carbocycles. The maximum absolute atomic E-state index is 8.95. The van der Waals surface area contributed by atoms with Crippen LogP contribution < -0.4 is 5.73 Å². The fraction of sp³-hybridized carbons (Fsp3) is 0.353. The molecule has 0 bridgehead atoms. The maximum atomic E-state index is 8.95. The maximum Gasteiger partial charge on any atom is 0.292 e. The first-order valence-electron chi connectivity index (χ1n) is 6.30. The van der Waals surface area contributed by atoms with Crippen molar-refractivity contribution in [1.82, 2.24) is 0 Å². The van der Waals surface area contributed by atoms with Gasteiger partial charge in [-0.1, -0.05) is 47.0 Å². The Bertz CT molecular complexity index is 338. The molecule has 0 unspecified atom stereocenters. The van der Waals surface area contributed by atoms with Gasteiger partial charge in [-0.15, -0.1) is 25.7 Å². The standard InChI is InChI=1S/C6H5Br.C5H11N.C2H4O2.2C2H2/c7-6-4-2-1-3-5-6;6-5-3-1-2-4-5;1-4-2-3;2*1-2/h1-5H;5H,1-4,6H2;2H,1H3;2*1-2H. The Labute approximate surface area is 137 Å². The van der Waals surface area contributed by atoms with Crippen LogP contribution in [0.15, 0.2) is 34.8 Å². The van der Waals surface area contributed by atoms with Gasteiger partial charge < -0.3 is 10.5 Å². The van der Waals surface area contributed by atoms with Crippen molar-refractivity contribution in [3.63, 3.8) is 0 Å². The first-order valence-corrected chi connectivity index (χ1v) is 7.09. The van der Waals surface area contributed by atoms with E-state index in [1.165, 1.54) is 32.8 Å². The zero-order valence-electron chi connectivity index (χ0n) is 12.5. The summed E-state index contributed by atoms with van der Waals surface area (Å²) < 4.78 is 5.00. The van der Waals surface area contributed by atoms with E-state index in [9.17, 15) is 0 Å². The van der Waals surface area contributed by atoms with Gasteiger partial charge in [0.2, 0.25) is 0 Å². The van der Waals surface area contributed by atoms with Crippen LogP contribution in [-0.4, -0.2) is 19.6 Å². The Morgan fingerprint density at radius 2 is 1.52 bits per heavy atom. The van der Waals surface area contributed by atoms with Crippen LogP contribution in [0.5, 0.6) is 0 Å². The Morgan fingerprint density at radius 1 is 1.14 bits per heavy atom. The third kappa shape index (κ3) is 23.7. The van der Waals surface area contributed by atoms with Gasteiger partial charge in [0, 0.05) is 10.5 Å². The van der Waals surface area contributed by atoms with Crippen molar-refractivity contribution >= 4 is 22.4 Å². The highest BCUT2D eigenvalue weighted by molar-refractivity contribution is 9.10. The smallest absolute Gasteiger partial charge is 0.292 e. The van der Waals surface area contributed by atoms with Crippen LogP contribution in [0.3, 0.4) is 0 Å². The third-order valence-electron chi connectivity index (χ3n) is 2.23. The SMILES string of the molecule is Brc1ccccc1.C#C.C#C.COC=O.NC1CCCC1. The predicted octanol–water partition coefficient (Wildman–Crippen LogP) is 3.62. The second-order valence-electron chi connectivity index (χ2n) is 3.67. The molecule has 4 heteroatoms. The third-order valence-corrected chi connectivity index (χ3v) is 2.76. The van der Waals surface area contributed by atoms with Gasteiger partial charge in [-0.3, -0.25) is 4.79 Å². The second kappa shape index (κ2) is 23.4. The topological polar surface area (TPSA) is 52.3 Å². The number of benzene rings is 1. The number of carbonyl (C=O) groups is 1. The molecule has 1 aromatic rings. The summed E-state index contributed by atoms with van der Waals surface area (Å²) in [6, 6.07) is 10.5. The summed E-state index contributed by atoms with van der Waals surface area (Å²) in [5.74, 6) is 0. The molecule has 0 spiro atoms. The molecule has 1 aliphatic carbocycles. The lowest BCUT2D eigenvalue weighted by atomic mass is 10.3. The van der Waals surface area contributed by atoms with Crippen LogP contribution in [0, 0.1) is 25.7 Å². The van der Waals surface area contributed by atoms with Gasteiger partial charge in [0.1, 0.15) is 0 Å². The van der Waals surface area contributed by atoms with Crippen LogP contribution >= 0.6 is 15.9 Å². The van der Waals surface area contributed by atoms with Crippen LogP contribution in [0.1, 0.15) is 25.7 Å². The van der Waals surface area contributed by atoms with Gasteiger partial charge in [-0.2, -0.15) is 0 Å². The zero-order chi connectivity index (χ0) is 16.9. The number of methoxy groups -OCH3 is 1. The van der Waals surface area contributed by atoms with Crippen molar-refractivity contribution in [1.29, 1.82) is 0 Å². The van der Waals surface area contributed by atoms with Crippen LogP contribution in [0.25, 0.3) is 0 Å². The molecule has 116 valence electrons. The lowest BCUT2D eigenvalue weighted by Gasteiger charge is -1.92. The van der Waals surface area contributed by atoms with Crippen molar-refractivity contribution in [3.8, 4) is 25.7 Å². The Balaban J connectivity index is -0.000000213. The molecule has 2 N–H and O–H groups in total. The van der Waals surface area contributed by atoms with Crippen molar-refractivity contribution in [2.24, 2.45) is 5.73 Å². The number of hydrogen-bond donors (Lipinski definition) is 1. The minimum atomic E-state index is 0.375. The van der Waals surface area contributed by atoms with Gasteiger partial charge in [0.05, 0.1) is 7.11 Å². The Kier molecular flexibility index (Phi) is 27.0. The van der Waals surface area contributed by atoms with Gasteiger partial charge in [-0.05, 0) is 25.0 Å². The minimum absolute atomic E-state index is 0.375. The van der Waals surface area contributed by atoms with Crippen LogP contribution in [-0.2, 0) is 9.53 Å². The second-order valence-corrected chi connectivity index (χ2v) is 4.59. The van der Waals surface area contributed by atoms with E-state index in [1.54, 1.807) is 0 Å². The van der Waals surface area contributed by atoms with E-state index in [2.05, 4.69) is 46.4 Å². The Morgan fingerprint density at radius 3 is 1.67 bits per heavy atom.